The Balaban J connectivity index is 0.000000151. The molecule has 6 nitrogen and oxygen atoms in total. The molecule has 0 aliphatic carbocycles. The number of imidazole rings is 1. The maximum atomic E-state index is 12.5. The van der Waals surface area contributed by atoms with Crippen molar-refractivity contribution in [3.8, 4) is 0 Å². The minimum Gasteiger partial charge on any atom is -0.351 e. The average Bonchev–Trinajstić information content (AvgIpc) is 2.88. The molecule has 0 spiro atoms. The second-order valence-corrected chi connectivity index (χ2v) is 4.26. The SMILES string of the molecule is Fc1cc2nc[nH]c2cc1F.NC(=O)N1CCNCC1. The Kier molecular flexibility index (Phi) is 4.46. The molecule has 1 saturated heterocycles. The lowest BCUT2D eigenvalue weighted by molar-refractivity contribution is 0.200. The van der Waals surface area contributed by atoms with Gasteiger partial charge in [0.25, 0.3) is 0 Å². The predicted octanol–water partition coefficient (Wildman–Crippen LogP) is 0.811. The van der Waals surface area contributed by atoms with E-state index >= 15 is 0 Å². The number of halogens is 2. The lowest BCUT2D eigenvalue weighted by Gasteiger charge is -2.25. The highest BCUT2D eigenvalue weighted by Crippen LogP contribution is 2.13. The van der Waals surface area contributed by atoms with Crippen LogP contribution >= 0.6 is 0 Å². The normalized spacial score (nSPS) is 14.8. The van der Waals surface area contributed by atoms with Crippen LogP contribution in [-0.2, 0) is 0 Å². The number of benzene rings is 1. The lowest BCUT2D eigenvalue weighted by Crippen LogP contribution is -2.48. The molecule has 0 atom stereocenters. The summed E-state index contributed by atoms with van der Waals surface area (Å²) in [5.74, 6) is -1.73. The van der Waals surface area contributed by atoms with Gasteiger partial charge in [0.2, 0.25) is 0 Å². The zero-order chi connectivity index (χ0) is 14.5. The third-order valence-corrected chi connectivity index (χ3v) is 2.89. The van der Waals surface area contributed by atoms with Crippen molar-refractivity contribution in [2.24, 2.45) is 5.73 Å². The highest BCUT2D eigenvalue weighted by atomic mass is 19.2. The van der Waals surface area contributed by atoms with E-state index in [1.807, 2.05) is 0 Å². The summed E-state index contributed by atoms with van der Waals surface area (Å²) in [6.07, 6.45) is 1.39. The van der Waals surface area contributed by atoms with Crippen molar-refractivity contribution in [1.82, 2.24) is 20.2 Å². The molecule has 4 N–H and O–H groups in total. The maximum absolute atomic E-state index is 12.5. The number of hydrogen-bond acceptors (Lipinski definition) is 3. The van der Waals surface area contributed by atoms with E-state index in [4.69, 9.17) is 5.73 Å². The maximum Gasteiger partial charge on any atom is 0.314 e. The van der Waals surface area contributed by atoms with E-state index < -0.39 is 11.6 Å². The molecule has 1 aliphatic heterocycles. The predicted molar refractivity (Wildman–Crippen MR) is 70.0 cm³/mol. The number of amides is 2. The van der Waals surface area contributed by atoms with Gasteiger partial charge in [-0.2, -0.15) is 0 Å². The van der Waals surface area contributed by atoms with Gasteiger partial charge in [0.05, 0.1) is 17.4 Å². The van der Waals surface area contributed by atoms with Crippen LogP contribution in [0.3, 0.4) is 0 Å². The number of aromatic nitrogens is 2. The smallest absolute Gasteiger partial charge is 0.314 e. The van der Waals surface area contributed by atoms with Crippen LogP contribution in [0.2, 0.25) is 0 Å². The molecule has 1 aliphatic rings. The minimum atomic E-state index is -0.871. The second kappa shape index (κ2) is 6.29. The van der Waals surface area contributed by atoms with Crippen molar-refractivity contribution in [3.63, 3.8) is 0 Å². The number of piperazine rings is 1. The molecule has 0 saturated carbocycles. The molecule has 1 fully saturated rings. The van der Waals surface area contributed by atoms with Crippen LogP contribution in [0.4, 0.5) is 13.6 Å². The van der Waals surface area contributed by atoms with Gasteiger partial charge < -0.3 is 20.9 Å². The molecule has 0 radical (unpaired) electrons. The number of hydrogen-bond donors (Lipinski definition) is 3. The van der Waals surface area contributed by atoms with Crippen molar-refractivity contribution < 1.29 is 13.6 Å². The van der Waals surface area contributed by atoms with Crippen molar-refractivity contribution in [2.75, 3.05) is 26.2 Å². The van der Waals surface area contributed by atoms with Gasteiger partial charge in [-0.15, -0.1) is 0 Å². The lowest BCUT2D eigenvalue weighted by atomic mass is 10.3. The summed E-state index contributed by atoms with van der Waals surface area (Å²) in [5.41, 5.74) is 5.96. The van der Waals surface area contributed by atoms with Crippen LogP contribution in [0.15, 0.2) is 18.5 Å². The van der Waals surface area contributed by atoms with Crippen LogP contribution in [-0.4, -0.2) is 47.1 Å². The van der Waals surface area contributed by atoms with Crippen molar-refractivity contribution in [1.29, 1.82) is 0 Å². The van der Waals surface area contributed by atoms with Crippen LogP contribution in [0, 0.1) is 11.6 Å². The third-order valence-electron chi connectivity index (χ3n) is 2.89. The highest BCUT2D eigenvalue weighted by Gasteiger charge is 2.11. The van der Waals surface area contributed by atoms with Gasteiger partial charge in [-0.1, -0.05) is 0 Å². The molecule has 2 aromatic rings. The Bertz CT molecular complexity index is 559. The first-order valence-corrected chi connectivity index (χ1v) is 6.11. The van der Waals surface area contributed by atoms with Crippen LogP contribution in [0.1, 0.15) is 0 Å². The third kappa shape index (κ3) is 3.41. The number of rotatable bonds is 0. The summed E-state index contributed by atoms with van der Waals surface area (Å²) in [7, 11) is 0. The van der Waals surface area contributed by atoms with Gasteiger partial charge in [-0.3, -0.25) is 0 Å². The number of H-pyrrole nitrogens is 1. The summed E-state index contributed by atoms with van der Waals surface area (Å²) in [5, 5.41) is 3.12. The minimum absolute atomic E-state index is 0.309. The van der Waals surface area contributed by atoms with E-state index in [-0.39, 0.29) is 6.03 Å². The highest BCUT2D eigenvalue weighted by molar-refractivity contribution is 5.74. The fraction of sp³-hybridized carbons (Fsp3) is 0.333. The van der Waals surface area contributed by atoms with E-state index in [2.05, 4.69) is 15.3 Å². The van der Waals surface area contributed by atoms with Gasteiger partial charge in [-0.05, 0) is 0 Å². The standard InChI is InChI=1S/C7H4F2N2.C5H11N3O/c8-4-1-6-7(2-5(4)9)11-3-10-6;6-5(9)8-3-1-7-2-4-8/h1-3H,(H,10,11);7H,1-4H2,(H2,6,9). The van der Waals surface area contributed by atoms with Gasteiger partial charge in [-0.25, -0.2) is 18.6 Å². The molecular formula is C12H15F2N5O. The summed E-state index contributed by atoms with van der Waals surface area (Å²) in [6, 6.07) is 1.83. The van der Waals surface area contributed by atoms with E-state index in [9.17, 15) is 13.6 Å². The van der Waals surface area contributed by atoms with E-state index in [0.717, 1.165) is 38.3 Å². The molecule has 108 valence electrons. The number of urea groups is 1. The fourth-order valence-electron chi connectivity index (χ4n) is 1.82. The number of nitrogens with two attached hydrogens (primary N) is 1. The topological polar surface area (TPSA) is 87.0 Å². The molecule has 2 amide bonds. The number of primary amides is 1. The van der Waals surface area contributed by atoms with Gasteiger partial charge in [0.15, 0.2) is 11.6 Å². The van der Waals surface area contributed by atoms with Gasteiger partial charge in [0.1, 0.15) is 0 Å². The average molecular weight is 283 g/mol. The Morgan fingerprint density at radius 1 is 1.25 bits per heavy atom. The van der Waals surface area contributed by atoms with E-state index in [0.29, 0.717) is 11.0 Å². The van der Waals surface area contributed by atoms with Crippen LogP contribution < -0.4 is 11.1 Å². The second-order valence-electron chi connectivity index (χ2n) is 4.26. The first-order valence-electron chi connectivity index (χ1n) is 6.11. The molecular weight excluding hydrogens is 268 g/mol. The molecule has 0 bridgehead atoms. The molecule has 3 rings (SSSR count). The molecule has 20 heavy (non-hydrogen) atoms. The van der Waals surface area contributed by atoms with E-state index in [1.165, 1.54) is 6.33 Å². The van der Waals surface area contributed by atoms with Crippen LogP contribution in [0.25, 0.3) is 11.0 Å². The fourth-order valence-corrected chi connectivity index (χ4v) is 1.82. The number of nitrogens with one attached hydrogen (secondary N) is 2. The largest absolute Gasteiger partial charge is 0.351 e. The zero-order valence-electron chi connectivity index (χ0n) is 10.7. The Morgan fingerprint density at radius 3 is 2.50 bits per heavy atom. The molecule has 1 aromatic carbocycles. The number of carbonyl (C=O) groups is 1. The van der Waals surface area contributed by atoms with Crippen molar-refractivity contribution in [3.05, 3.63) is 30.1 Å². The summed E-state index contributed by atoms with van der Waals surface area (Å²) in [4.78, 5) is 18.5. The summed E-state index contributed by atoms with van der Waals surface area (Å²) < 4.78 is 25.0. The number of aromatic amines is 1. The Labute approximate surface area is 114 Å². The number of carbonyl (C=O) groups excluding carboxylic acids is 1. The molecule has 8 heteroatoms. The Morgan fingerprint density at radius 2 is 1.90 bits per heavy atom. The number of nitrogens with zero attached hydrogens (tertiary/aromatic N) is 2. The molecule has 0 unspecified atom stereocenters. The van der Waals surface area contributed by atoms with Gasteiger partial charge in [0, 0.05) is 38.3 Å². The number of fused-ring (bicyclic) bond motifs is 1. The quantitative estimate of drug-likeness (QED) is 0.668. The summed E-state index contributed by atoms with van der Waals surface area (Å²) in [6.45, 7) is 3.22. The first-order chi connectivity index (χ1) is 9.58. The van der Waals surface area contributed by atoms with E-state index in [1.54, 1.807) is 4.90 Å². The summed E-state index contributed by atoms with van der Waals surface area (Å²) >= 11 is 0. The monoisotopic (exact) mass is 283 g/mol. The van der Waals surface area contributed by atoms with Crippen LogP contribution in [0.5, 0.6) is 0 Å². The van der Waals surface area contributed by atoms with Crippen molar-refractivity contribution in [2.45, 2.75) is 0 Å². The molecule has 2 heterocycles. The van der Waals surface area contributed by atoms with Gasteiger partial charge >= 0.3 is 6.03 Å². The zero-order valence-corrected chi connectivity index (χ0v) is 10.7. The first kappa shape index (κ1) is 14.2. The van der Waals surface area contributed by atoms with Crippen molar-refractivity contribution >= 4 is 17.1 Å². The Hall–Kier alpha value is -2.22. The molecule has 1 aromatic heterocycles.